The number of alkyl halides is 3. The summed E-state index contributed by atoms with van der Waals surface area (Å²) < 4.78 is 35.8. The normalized spacial score (nSPS) is 11.3. The minimum atomic E-state index is -4.69. The molecule has 0 radical (unpaired) electrons. The molecule has 1 rings (SSSR count). The third-order valence-electron chi connectivity index (χ3n) is 2.88. The van der Waals surface area contributed by atoms with Crippen LogP contribution in [0.25, 0.3) is 5.57 Å². The van der Waals surface area contributed by atoms with E-state index in [1.807, 2.05) is 30.3 Å². The van der Waals surface area contributed by atoms with Gasteiger partial charge in [-0.2, -0.15) is 13.2 Å². The molecule has 19 heavy (non-hydrogen) atoms. The molecule has 0 spiro atoms. The van der Waals surface area contributed by atoms with Crippen molar-refractivity contribution in [3.05, 3.63) is 42.5 Å². The first-order valence-corrected chi connectivity index (χ1v) is 6.24. The van der Waals surface area contributed by atoms with E-state index in [-0.39, 0.29) is 6.42 Å². The summed E-state index contributed by atoms with van der Waals surface area (Å²) in [6, 6.07) is 9.66. The summed E-state index contributed by atoms with van der Waals surface area (Å²) in [5.74, 6) is -1.63. The van der Waals surface area contributed by atoms with Crippen LogP contribution >= 0.6 is 0 Å². The van der Waals surface area contributed by atoms with Crippen LogP contribution in [0, 0.1) is 0 Å². The average molecular weight is 270 g/mol. The van der Waals surface area contributed by atoms with Gasteiger partial charge in [0, 0.05) is 6.42 Å². The van der Waals surface area contributed by atoms with E-state index in [0.717, 1.165) is 24.0 Å². The maximum atomic E-state index is 11.9. The number of carbonyl (C=O) groups excluding carboxylic acids is 1. The zero-order valence-electron chi connectivity index (χ0n) is 10.7. The Kier molecular flexibility index (Phi) is 5.80. The van der Waals surface area contributed by atoms with E-state index in [1.54, 1.807) is 0 Å². The van der Waals surface area contributed by atoms with Gasteiger partial charge in [0.25, 0.3) is 0 Å². The van der Waals surface area contributed by atoms with E-state index in [0.29, 0.717) is 6.42 Å². The van der Waals surface area contributed by atoms with Gasteiger partial charge in [-0.25, -0.2) is 0 Å². The van der Waals surface area contributed by atoms with Gasteiger partial charge in [-0.1, -0.05) is 43.3 Å². The van der Waals surface area contributed by atoms with E-state index in [9.17, 15) is 18.0 Å². The van der Waals surface area contributed by atoms with Crippen LogP contribution in [0.1, 0.15) is 37.7 Å². The molecular weight excluding hydrogens is 253 g/mol. The first kappa shape index (κ1) is 15.5. The van der Waals surface area contributed by atoms with Crippen LogP contribution < -0.4 is 0 Å². The lowest BCUT2D eigenvalue weighted by atomic mass is 10.0. The molecule has 0 aliphatic heterocycles. The van der Waals surface area contributed by atoms with E-state index in [4.69, 9.17) is 0 Å². The molecule has 0 aliphatic rings. The molecule has 0 aromatic heterocycles. The van der Waals surface area contributed by atoms with Crippen molar-refractivity contribution in [1.82, 2.24) is 0 Å². The lowest BCUT2D eigenvalue weighted by molar-refractivity contribution is -0.171. The van der Waals surface area contributed by atoms with Gasteiger partial charge >= 0.3 is 6.18 Å². The zero-order chi connectivity index (χ0) is 14.3. The van der Waals surface area contributed by atoms with Crippen molar-refractivity contribution in [3.8, 4) is 0 Å². The molecule has 1 aromatic rings. The molecule has 0 N–H and O–H groups in total. The minimum absolute atomic E-state index is 0.278. The third-order valence-corrected chi connectivity index (χ3v) is 2.88. The lowest BCUT2D eigenvalue weighted by Gasteiger charge is -2.06. The maximum Gasteiger partial charge on any atom is 0.449 e. The maximum absolute atomic E-state index is 11.9. The molecule has 0 atom stereocenters. The van der Waals surface area contributed by atoms with Crippen molar-refractivity contribution in [2.45, 2.75) is 38.3 Å². The lowest BCUT2D eigenvalue weighted by Crippen LogP contribution is -2.22. The fourth-order valence-corrected chi connectivity index (χ4v) is 1.76. The van der Waals surface area contributed by atoms with Gasteiger partial charge in [-0.05, 0) is 30.4 Å². The van der Waals surface area contributed by atoms with Crippen LogP contribution in [0.2, 0.25) is 0 Å². The SMILES string of the molecule is C=C(CCCCCC(=O)C(F)(F)F)c1ccccc1. The second-order valence-corrected chi connectivity index (χ2v) is 4.45. The van der Waals surface area contributed by atoms with Crippen LogP contribution in [-0.2, 0) is 4.79 Å². The smallest absolute Gasteiger partial charge is 0.290 e. The summed E-state index contributed by atoms with van der Waals surface area (Å²) in [4.78, 5) is 10.6. The molecule has 4 heteroatoms. The second-order valence-electron chi connectivity index (χ2n) is 4.45. The number of halogens is 3. The molecule has 1 nitrogen and oxygen atoms in total. The topological polar surface area (TPSA) is 17.1 Å². The Morgan fingerprint density at radius 1 is 1.00 bits per heavy atom. The summed E-state index contributed by atoms with van der Waals surface area (Å²) in [6.45, 7) is 3.95. The monoisotopic (exact) mass is 270 g/mol. The Labute approximate surface area is 111 Å². The van der Waals surface area contributed by atoms with Crippen LogP contribution in [0.3, 0.4) is 0 Å². The van der Waals surface area contributed by atoms with Crippen molar-refractivity contribution >= 4 is 11.4 Å². The number of carbonyl (C=O) groups is 1. The van der Waals surface area contributed by atoms with Gasteiger partial charge < -0.3 is 0 Å². The fourth-order valence-electron chi connectivity index (χ4n) is 1.76. The van der Waals surface area contributed by atoms with E-state index < -0.39 is 18.4 Å². The first-order valence-electron chi connectivity index (χ1n) is 6.24. The van der Waals surface area contributed by atoms with Crippen molar-refractivity contribution in [2.75, 3.05) is 0 Å². The second kappa shape index (κ2) is 7.12. The Balaban J connectivity index is 2.18. The number of rotatable bonds is 7. The van der Waals surface area contributed by atoms with Gasteiger partial charge in [-0.15, -0.1) is 0 Å². The number of allylic oxidation sites excluding steroid dienone is 1. The highest BCUT2D eigenvalue weighted by Gasteiger charge is 2.36. The average Bonchev–Trinajstić information content (AvgIpc) is 2.37. The zero-order valence-corrected chi connectivity index (χ0v) is 10.7. The molecule has 0 bridgehead atoms. The first-order chi connectivity index (χ1) is 8.91. The fraction of sp³-hybridized carbons (Fsp3) is 0.400. The van der Waals surface area contributed by atoms with Crippen molar-refractivity contribution in [2.24, 2.45) is 0 Å². The number of ketones is 1. The summed E-state index contributed by atoms with van der Waals surface area (Å²) in [6.07, 6.45) is -2.73. The highest BCUT2D eigenvalue weighted by Crippen LogP contribution is 2.22. The summed E-state index contributed by atoms with van der Waals surface area (Å²) in [5, 5.41) is 0. The Hall–Kier alpha value is -1.58. The van der Waals surface area contributed by atoms with Crippen molar-refractivity contribution in [3.63, 3.8) is 0 Å². The molecule has 0 fully saturated rings. The number of Topliss-reactive ketones (excluding diaryl/α,β-unsaturated/α-hetero) is 1. The summed E-state index contributed by atoms with van der Waals surface area (Å²) in [7, 11) is 0. The Bertz CT molecular complexity index is 421. The molecule has 104 valence electrons. The van der Waals surface area contributed by atoms with E-state index >= 15 is 0 Å². The highest BCUT2D eigenvalue weighted by atomic mass is 19.4. The van der Waals surface area contributed by atoms with Gasteiger partial charge in [-0.3, -0.25) is 4.79 Å². The summed E-state index contributed by atoms with van der Waals surface area (Å²) in [5.41, 5.74) is 2.02. The predicted molar refractivity (Wildman–Crippen MR) is 69.6 cm³/mol. The third kappa shape index (κ3) is 5.73. The Morgan fingerprint density at radius 2 is 1.58 bits per heavy atom. The molecular formula is C15H17F3O. The van der Waals surface area contributed by atoms with Crippen molar-refractivity contribution in [1.29, 1.82) is 0 Å². The molecule has 0 heterocycles. The standard InChI is InChI=1S/C15H17F3O/c1-12(13-9-5-3-6-10-13)8-4-2-7-11-14(19)15(16,17)18/h3,5-6,9-10H,1-2,4,7-8,11H2. The van der Waals surface area contributed by atoms with Gasteiger partial charge in [0.2, 0.25) is 5.78 Å². The molecule has 1 aromatic carbocycles. The van der Waals surface area contributed by atoms with E-state index in [2.05, 4.69) is 6.58 Å². The molecule has 0 saturated heterocycles. The Morgan fingerprint density at radius 3 is 2.16 bits per heavy atom. The number of hydrogen-bond donors (Lipinski definition) is 0. The quantitative estimate of drug-likeness (QED) is 0.651. The number of unbranched alkanes of at least 4 members (excludes halogenated alkanes) is 2. The largest absolute Gasteiger partial charge is 0.449 e. The van der Waals surface area contributed by atoms with Gasteiger partial charge in [0.05, 0.1) is 0 Å². The molecule has 0 saturated carbocycles. The number of hydrogen-bond acceptors (Lipinski definition) is 1. The predicted octanol–water partition coefficient (Wildman–Crippen LogP) is 4.78. The number of benzene rings is 1. The van der Waals surface area contributed by atoms with Crippen LogP contribution in [0.15, 0.2) is 36.9 Å². The van der Waals surface area contributed by atoms with Gasteiger partial charge in [0.15, 0.2) is 0 Å². The summed E-state index contributed by atoms with van der Waals surface area (Å²) >= 11 is 0. The van der Waals surface area contributed by atoms with Crippen LogP contribution in [0.4, 0.5) is 13.2 Å². The minimum Gasteiger partial charge on any atom is -0.290 e. The highest BCUT2D eigenvalue weighted by molar-refractivity contribution is 5.83. The van der Waals surface area contributed by atoms with Crippen LogP contribution in [0.5, 0.6) is 0 Å². The van der Waals surface area contributed by atoms with Crippen molar-refractivity contribution < 1.29 is 18.0 Å². The molecule has 0 unspecified atom stereocenters. The molecule has 0 amide bonds. The molecule has 0 aliphatic carbocycles. The van der Waals surface area contributed by atoms with Crippen LogP contribution in [-0.4, -0.2) is 12.0 Å². The van der Waals surface area contributed by atoms with Gasteiger partial charge in [0.1, 0.15) is 0 Å². The van der Waals surface area contributed by atoms with E-state index in [1.165, 1.54) is 0 Å².